The average molecular weight is 302 g/mol. The smallest absolute Gasteiger partial charge is 0.143 e. The fourth-order valence-electron chi connectivity index (χ4n) is 2.28. The van der Waals surface area contributed by atoms with E-state index >= 15 is 0 Å². The zero-order valence-corrected chi connectivity index (χ0v) is 12.6. The Morgan fingerprint density at radius 3 is 2.86 bits per heavy atom. The van der Waals surface area contributed by atoms with Crippen LogP contribution in [0, 0.1) is 6.92 Å². The van der Waals surface area contributed by atoms with E-state index in [1.165, 1.54) is 0 Å². The van der Waals surface area contributed by atoms with Gasteiger partial charge in [0, 0.05) is 30.2 Å². The summed E-state index contributed by atoms with van der Waals surface area (Å²) in [5, 5.41) is 4.17. The number of rotatable bonds is 4. The summed E-state index contributed by atoms with van der Waals surface area (Å²) >= 11 is 6.10. The topological polar surface area (TPSA) is 43.0 Å². The van der Waals surface area contributed by atoms with Gasteiger partial charge < -0.3 is 14.3 Å². The molecule has 0 fully saturated rings. The molecule has 3 rings (SSSR count). The summed E-state index contributed by atoms with van der Waals surface area (Å²) < 4.78 is 7.54. The molecule has 0 amide bonds. The van der Waals surface area contributed by atoms with Crippen LogP contribution in [0.2, 0.25) is 5.02 Å². The van der Waals surface area contributed by atoms with E-state index in [9.17, 15) is 0 Å². The summed E-state index contributed by atoms with van der Waals surface area (Å²) in [5.41, 5.74) is 2.08. The van der Waals surface area contributed by atoms with Crippen molar-refractivity contribution < 1.29 is 4.42 Å². The van der Waals surface area contributed by atoms with E-state index < -0.39 is 0 Å². The molecule has 21 heavy (non-hydrogen) atoms. The quantitative estimate of drug-likeness (QED) is 0.786. The highest BCUT2D eigenvalue weighted by Crippen LogP contribution is 2.29. The first-order chi connectivity index (χ1) is 10.1. The van der Waals surface area contributed by atoms with Gasteiger partial charge in [-0.15, -0.1) is 0 Å². The number of halogens is 1. The molecule has 2 aromatic heterocycles. The molecule has 1 unspecified atom stereocenters. The van der Waals surface area contributed by atoms with Gasteiger partial charge in [0.15, 0.2) is 0 Å². The molecule has 0 spiro atoms. The zero-order valence-electron chi connectivity index (χ0n) is 11.9. The molecule has 0 aliphatic carbocycles. The van der Waals surface area contributed by atoms with Crippen molar-refractivity contribution in [2.75, 3.05) is 5.32 Å². The lowest BCUT2D eigenvalue weighted by molar-refractivity contribution is 0.488. The van der Waals surface area contributed by atoms with Crippen LogP contribution in [-0.2, 0) is 7.05 Å². The molecule has 0 saturated heterocycles. The molecule has 2 heterocycles. The summed E-state index contributed by atoms with van der Waals surface area (Å²) in [6, 6.07) is 9.42. The first kappa shape index (κ1) is 13.8. The van der Waals surface area contributed by atoms with Gasteiger partial charge >= 0.3 is 0 Å². The highest BCUT2D eigenvalue weighted by atomic mass is 35.5. The second-order valence-electron chi connectivity index (χ2n) is 4.95. The van der Waals surface area contributed by atoms with Gasteiger partial charge in [0.1, 0.15) is 17.6 Å². The minimum Gasteiger partial charge on any atom is -0.467 e. The molecular weight excluding hydrogens is 286 g/mol. The highest BCUT2D eigenvalue weighted by Gasteiger charge is 2.21. The summed E-state index contributed by atoms with van der Waals surface area (Å²) in [4.78, 5) is 4.43. The largest absolute Gasteiger partial charge is 0.467 e. The molecule has 1 atom stereocenters. The number of nitrogens with zero attached hydrogens (tertiary/aromatic N) is 2. The van der Waals surface area contributed by atoms with E-state index in [-0.39, 0.29) is 6.04 Å². The lowest BCUT2D eigenvalue weighted by Gasteiger charge is -2.19. The van der Waals surface area contributed by atoms with Crippen LogP contribution in [0.25, 0.3) is 0 Å². The molecule has 5 heteroatoms. The number of aryl methyl sites for hydroxylation is 2. The molecule has 4 nitrogen and oxygen atoms in total. The van der Waals surface area contributed by atoms with Gasteiger partial charge in [0.2, 0.25) is 0 Å². The van der Waals surface area contributed by atoms with Crippen molar-refractivity contribution in [3.05, 3.63) is 71.2 Å². The number of hydrogen-bond donors (Lipinski definition) is 1. The van der Waals surface area contributed by atoms with Crippen LogP contribution in [0.15, 0.2) is 53.4 Å². The second-order valence-corrected chi connectivity index (χ2v) is 5.38. The van der Waals surface area contributed by atoms with Crippen molar-refractivity contribution in [3.8, 4) is 0 Å². The molecule has 1 aromatic carbocycles. The van der Waals surface area contributed by atoms with Gasteiger partial charge in [0.25, 0.3) is 0 Å². The number of hydrogen-bond acceptors (Lipinski definition) is 3. The van der Waals surface area contributed by atoms with Crippen molar-refractivity contribution in [2.45, 2.75) is 13.0 Å². The molecule has 0 saturated carbocycles. The van der Waals surface area contributed by atoms with Crippen LogP contribution >= 0.6 is 11.6 Å². The number of nitrogens with one attached hydrogen (secondary N) is 1. The third kappa shape index (κ3) is 2.81. The van der Waals surface area contributed by atoms with Gasteiger partial charge in [-0.1, -0.05) is 17.7 Å². The van der Waals surface area contributed by atoms with Crippen molar-refractivity contribution in [1.82, 2.24) is 9.55 Å². The minimum absolute atomic E-state index is 0.169. The standard InChI is InChI=1S/C16H16ClN3O/c1-11-5-6-12(17)10-13(11)19-15(14-4-3-9-21-14)16-18-7-8-20(16)2/h3-10,15,19H,1-2H3. The third-order valence-electron chi connectivity index (χ3n) is 3.44. The monoisotopic (exact) mass is 301 g/mol. The summed E-state index contributed by atoms with van der Waals surface area (Å²) in [5.74, 6) is 1.69. The number of anilines is 1. The number of benzene rings is 1. The number of imidazole rings is 1. The van der Waals surface area contributed by atoms with E-state index in [0.717, 1.165) is 22.8 Å². The molecule has 0 bridgehead atoms. The van der Waals surface area contributed by atoms with Crippen LogP contribution in [0.1, 0.15) is 23.2 Å². The van der Waals surface area contributed by atoms with Gasteiger partial charge in [-0.25, -0.2) is 4.98 Å². The maximum Gasteiger partial charge on any atom is 0.143 e. The van der Waals surface area contributed by atoms with Crippen LogP contribution in [-0.4, -0.2) is 9.55 Å². The summed E-state index contributed by atoms with van der Waals surface area (Å²) in [6.45, 7) is 2.04. The summed E-state index contributed by atoms with van der Waals surface area (Å²) in [6.07, 6.45) is 5.35. The molecule has 0 aliphatic heterocycles. The Kier molecular flexibility index (Phi) is 3.71. The Bertz CT molecular complexity index is 734. The Morgan fingerprint density at radius 1 is 1.33 bits per heavy atom. The van der Waals surface area contributed by atoms with Crippen molar-refractivity contribution in [3.63, 3.8) is 0 Å². The fraction of sp³-hybridized carbons (Fsp3) is 0.188. The predicted molar refractivity (Wildman–Crippen MR) is 83.6 cm³/mol. The Morgan fingerprint density at radius 2 is 2.19 bits per heavy atom. The minimum atomic E-state index is -0.169. The van der Waals surface area contributed by atoms with Crippen LogP contribution in [0.5, 0.6) is 0 Å². The van der Waals surface area contributed by atoms with E-state index in [2.05, 4.69) is 10.3 Å². The molecule has 1 N–H and O–H groups in total. The average Bonchev–Trinajstić information content (AvgIpc) is 3.11. The molecule has 108 valence electrons. The second kappa shape index (κ2) is 5.66. The van der Waals surface area contributed by atoms with E-state index in [4.69, 9.17) is 16.0 Å². The first-order valence-electron chi connectivity index (χ1n) is 6.68. The van der Waals surface area contributed by atoms with Crippen LogP contribution in [0.3, 0.4) is 0 Å². The number of aromatic nitrogens is 2. The SMILES string of the molecule is Cc1ccc(Cl)cc1NC(c1ccco1)c1nccn1C. The third-order valence-corrected chi connectivity index (χ3v) is 3.68. The maximum atomic E-state index is 6.10. The molecular formula is C16H16ClN3O. The van der Waals surface area contributed by atoms with Crippen LogP contribution < -0.4 is 5.32 Å². The first-order valence-corrected chi connectivity index (χ1v) is 7.06. The van der Waals surface area contributed by atoms with Gasteiger partial charge in [-0.05, 0) is 36.8 Å². The fourth-order valence-corrected chi connectivity index (χ4v) is 2.45. The Balaban J connectivity index is 2.01. The zero-order chi connectivity index (χ0) is 14.8. The van der Waals surface area contributed by atoms with Crippen molar-refractivity contribution >= 4 is 17.3 Å². The maximum absolute atomic E-state index is 6.10. The van der Waals surface area contributed by atoms with E-state index in [0.29, 0.717) is 5.02 Å². The summed E-state index contributed by atoms with van der Waals surface area (Å²) in [7, 11) is 1.96. The Labute approximate surface area is 128 Å². The normalized spacial score (nSPS) is 12.3. The van der Waals surface area contributed by atoms with Crippen LogP contribution in [0.4, 0.5) is 5.69 Å². The molecule has 0 radical (unpaired) electrons. The lowest BCUT2D eigenvalue weighted by atomic mass is 10.1. The van der Waals surface area contributed by atoms with Gasteiger partial charge in [0.05, 0.1) is 6.26 Å². The molecule has 0 aliphatic rings. The lowest BCUT2D eigenvalue weighted by Crippen LogP contribution is -2.16. The Hall–Kier alpha value is -2.20. The van der Waals surface area contributed by atoms with E-state index in [1.54, 1.807) is 12.5 Å². The van der Waals surface area contributed by atoms with Gasteiger partial charge in [-0.3, -0.25) is 0 Å². The van der Waals surface area contributed by atoms with Crippen molar-refractivity contribution in [1.29, 1.82) is 0 Å². The van der Waals surface area contributed by atoms with Gasteiger partial charge in [-0.2, -0.15) is 0 Å². The highest BCUT2D eigenvalue weighted by molar-refractivity contribution is 6.30. The van der Waals surface area contributed by atoms with E-state index in [1.807, 2.05) is 55.1 Å². The predicted octanol–water partition coefficient (Wildman–Crippen LogP) is 4.18. The molecule has 3 aromatic rings. The number of furan rings is 1. The van der Waals surface area contributed by atoms with Crippen molar-refractivity contribution in [2.24, 2.45) is 7.05 Å².